The molecule has 5 atom stereocenters. The van der Waals surface area contributed by atoms with Crippen molar-refractivity contribution in [2.45, 2.75) is 50.2 Å². The maximum absolute atomic E-state index is 14.0. The summed E-state index contributed by atoms with van der Waals surface area (Å²) in [6.45, 7) is 1.59. The highest BCUT2D eigenvalue weighted by Crippen LogP contribution is 2.54. The number of fused-ring (bicyclic) bond motifs is 6. The molecule has 1 aromatic carbocycles. The van der Waals surface area contributed by atoms with Crippen LogP contribution in [0.25, 0.3) is 0 Å². The fraction of sp³-hybridized carbons (Fsp3) is 0.480. The number of hydrogen-bond acceptors (Lipinski definition) is 8. The van der Waals surface area contributed by atoms with Crippen LogP contribution in [0.4, 0.5) is 9.39 Å². The van der Waals surface area contributed by atoms with Crippen LogP contribution in [0.1, 0.15) is 36.0 Å². The summed E-state index contributed by atoms with van der Waals surface area (Å²) in [5.74, 6) is -2.93. The number of halogens is 1. The Morgan fingerprint density at radius 1 is 1.23 bits per heavy atom. The summed E-state index contributed by atoms with van der Waals surface area (Å²) < 4.78 is 69.7. The molecule has 39 heavy (non-hydrogen) atoms. The van der Waals surface area contributed by atoms with E-state index >= 15 is 0 Å². The minimum absolute atomic E-state index is 0.118. The van der Waals surface area contributed by atoms with Crippen LogP contribution in [-0.2, 0) is 42.7 Å². The Labute approximate surface area is 229 Å². The van der Waals surface area contributed by atoms with Crippen molar-refractivity contribution in [2.75, 3.05) is 11.6 Å². The summed E-state index contributed by atoms with van der Waals surface area (Å²) >= 11 is 1.04. The standard InChI is InChI=1S/C25H27FN4O6S3/c1-12-7-13(3-6-17(12)26)10-30-20-15-5-4-14(8-15)18(20)21(31)19(25(30)32)23-28-24-22(39(35,36)29-23)16(11-37-24)9-27-38(2,33)34/h3,6-7,11,14-15,18-20,27H,4-5,8-10H2,1-2H3,(H,28,29)/t14-,15+,18-,19?,20+/m1/s1. The number of Topliss-reactive ketones (excluding diaryl/α,β-unsaturated/α-hetero) is 1. The van der Waals surface area contributed by atoms with Gasteiger partial charge >= 0.3 is 0 Å². The largest absolute Gasteiger partial charge is 0.333 e. The van der Waals surface area contributed by atoms with E-state index in [0.717, 1.165) is 42.4 Å². The number of benzene rings is 1. The molecule has 1 unspecified atom stereocenters. The summed E-state index contributed by atoms with van der Waals surface area (Å²) in [7, 11) is -7.89. The first kappa shape index (κ1) is 26.5. The van der Waals surface area contributed by atoms with Crippen molar-refractivity contribution >= 4 is 53.9 Å². The highest BCUT2D eigenvalue weighted by Gasteiger charge is 2.60. The molecule has 1 aromatic heterocycles. The van der Waals surface area contributed by atoms with Gasteiger partial charge in [-0.15, -0.1) is 15.7 Å². The lowest BCUT2D eigenvalue weighted by atomic mass is 9.73. The van der Waals surface area contributed by atoms with E-state index in [9.17, 15) is 30.8 Å². The number of nitrogens with zero attached hydrogens (tertiary/aromatic N) is 2. The Kier molecular flexibility index (Phi) is 6.25. The Morgan fingerprint density at radius 3 is 2.69 bits per heavy atom. The molecule has 0 spiro atoms. The number of rotatable bonds is 6. The number of carbonyl (C=O) groups is 2. The number of ketones is 1. The molecule has 208 valence electrons. The monoisotopic (exact) mass is 594 g/mol. The van der Waals surface area contributed by atoms with Crippen molar-refractivity contribution in [1.82, 2.24) is 9.62 Å². The summed E-state index contributed by atoms with van der Waals surface area (Å²) in [5, 5.41) is 4.61. The average Bonchev–Trinajstić information content (AvgIpc) is 3.57. The van der Waals surface area contributed by atoms with Crippen molar-refractivity contribution in [1.29, 1.82) is 0 Å². The van der Waals surface area contributed by atoms with Gasteiger partial charge in [-0.1, -0.05) is 12.1 Å². The van der Waals surface area contributed by atoms with E-state index in [1.807, 2.05) is 0 Å². The van der Waals surface area contributed by atoms with Crippen LogP contribution >= 0.6 is 11.3 Å². The number of hydrogen-bond donors (Lipinski definition) is 2. The van der Waals surface area contributed by atoms with Crippen LogP contribution in [-0.4, -0.2) is 51.6 Å². The third-order valence-corrected chi connectivity index (χ3v) is 11.4. The number of anilines is 1. The normalized spacial score (nSPS) is 29.2. The van der Waals surface area contributed by atoms with E-state index in [4.69, 9.17) is 0 Å². The van der Waals surface area contributed by atoms with E-state index in [-0.39, 0.29) is 63.9 Å². The van der Waals surface area contributed by atoms with Gasteiger partial charge in [-0.3, -0.25) is 9.59 Å². The van der Waals surface area contributed by atoms with E-state index < -0.39 is 37.8 Å². The Balaban J connectivity index is 1.36. The van der Waals surface area contributed by atoms with E-state index in [2.05, 4.69) is 14.4 Å². The molecule has 4 aliphatic rings. The number of amides is 1. The molecule has 1 amide bonds. The molecule has 2 bridgehead atoms. The van der Waals surface area contributed by atoms with Crippen LogP contribution in [0, 0.1) is 36.4 Å². The predicted octanol–water partition coefficient (Wildman–Crippen LogP) is 2.40. The zero-order valence-corrected chi connectivity index (χ0v) is 23.6. The minimum Gasteiger partial charge on any atom is -0.333 e. The first-order valence-corrected chi connectivity index (χ1v) is 16.8. The van der Waals surface area contributed by atoms with Crippen LogP contribution in [0.2, 0.25) is 0 Å². The van der Waals surface area contributed by atoms with Crippen molar-refractivity contribution < 1.29 is 30.8 Å². The van der Waals surface area contributed by atoms with Crippen LogP contribution in [0.5, 0.6) is 0 Å². The molecule has 1 saturated heterocycles. The lowest BCUT2D eigenvalue weighted by molar-refractivity contribution is -0.153. The van der Waals surface area contributed by atoms with Crippen LogP contribution < -0.4 is 10.0 Å². The topological polar surface area (TPSA) is 142 Å². The zero-order chi connectivity index (χ0) is 27.9. The molecule has 3 fully saturated rings. The fourth-order valence-electron chi connectivity index (χ4n) is 6.70. The minimum atomic E-state index is -4.33. The molecule has 6 rings (SSSR count). The molecule has 2 aliphatic carbocycles. The van der Waals surface area contributed by atoms with Gasteiger partial charge < -0.3 is 10.2 Å². The Bertz CT molecular complexity index is 1650. The number of piperidine rings is 1. The average molecular weight is 595 g/mol. The number of amidine groups is 1. The molecule has 2 aromatic rings. The molecule has 2 N–H and O–H groups in total. The summed E-state index contributed by atoms with van der Waals surface area (Å²) in [4.78, 5) is 29.4. The van der Waals surface area contributed by atoms with Crippen molar-refractivity contribution in [3.63, 3.8) is 0 Å². The van der Waals surface area contributed by atoms with E-state index in [1.165, 1.54) is 11.4 Å². The van der Waals surface area contributed by atoms with Gasteiger partial charge in [0.2, 0.25) is 15.9 Å². The first-order chi connectivity index (χ1) is 18.3. The molecular formula is C25H27FN4O6S3. The van der Waals surface area contributed by atoms with Gasteiger partial charge in [0.25, 0.3) is 10.0 Å². The lowest BCUT2D eigenvalue weighted by Crippen LogP contribution is -2.61. The number of nitrogens with one attached hydrogen (secondary N) is 2. The number of sulfonamides is 2. The van der Waals surface area contributed by atoms with Gasteiger partial charge in [0.15, 0.2) is 11.7 Å². The van der Waals surface area contributed by atoms with Crippen molar-refractivity contribution in [3.05, 3.63) is 46.1 Å². The third kappa shape index (κ3) is 4.50. The second kappa shape index (κ2) is 9.18. The van der Waals surface area contributed by atoms with Gasteiger partial charge in [-0.2, -0.15) is 8.42 Å². The molecule has 2 saturated carbocycles. The summed E-state index contributed by atoms with van der Waals surface area (Å²) in [6.07, 6.45) is 3.61. The molecular weight excluding hydrogens is 567 g/mol. The molecule has 10 nitrogen and oxygen atoms in total. The van der Waals surface area contributed by atoms with Gasteiger partial charge in [-0.05, 0) is 60.6 Å². The maximum Gasteiger partial charge on any atom is 0.287 e. The lowest BCUT2D eigenvalue weighted by Gasteiger charge is -2.45. The third-order valence-electron chi connectivity index (χ3n) is 8.28. The molecule has 14 heteroatoms. The Hall–Kier alpha value is -2.68. The van der Waals surface area contributed by atoms with Crippen LogP contribution in [0.3, 0.4) is 0 Å². The zero-order valence-electron chi connectivity index (χ0n) is 21.2. The number of thiophene rings is 1. The van der Waals surface area contributed by atoms with E-state index in [1.54, 1.807) is 24.0 Å². The highest BCUT2D eigenvalue weighted by molar-refractivity contribution is 7.91. The summed E-state index contributed by atoms with van der Waals surface area (Å²) in [6, 6.07) is 4.38. The summed E-state index contributed by atoms with van der Waals surface area (Å²) in [5.41, 5.74) is 1.40. The van der Waals surface area contributed by atoms with Crippen molar-refractivity contribution in [2.24, 2.45) is 28.1 Å². The van der Waals surface area contributed by atoms with Gasteiger partial charge in [0.1, 0.15) is 21.5 Å². The number of likely N-dealkylation sites (tertiary alicyclic amines) is 1. The maximum atomic E-state index is 14.0. The second-order valence-corrected chi connectivity index (χ2v) is 15.1. The van der Waals surface area contributed by atoms with Gasteiger partial charge in [0, 0.05) is 30.6 Å². The Morgan fingerprint density at radius 2 is 1.97 bits per heavy atom. The van der Waals surface area contributed by atoms with Crippen molar-refractivity contribution in [3.8, 4) is 0 Å². The molecule has 2 aliphatic heterocycles. The smallest absolute Gasteiger partial charge is 0.287 e. The van der Waals surface area contributed by atoms with E-state index in [0.29, 0.717) is 5.56 Å². The van der Waals surface area contributed by atoms with Gasteiger partial charge in [-0.25, -0.2) is 17.5 Å². The highest BCUT2D eigenvalue weighted by atomic mass is 32.2. The fourth-order valence-corrected chi connectivity index (χ4v) is 9.76. The molecule has 3 heterocycles. The SMILES string of the molecule is Cc1cc(CN2C(=O)C(C3=NS(=O)(=O)c4c(CNS(C)(=O)=O)csc4N3)C(=O)[C@@H]3[C@@H]4CC[C@@H](C4)[C@@H]32)ccc1F. The van der Waals surface area contributed by atoms with Crippen LogP contribution in [0.15, 0.2) is 32.9 Å². The number of aryl methyl sites for hydroxylation is 1. The quantitative estimate of drug-likeness (QED) is 0.489. The number of carbonyl (C=O) groups excluding carboxylic acids is 2. The molecule has 0 radical (unpaired) electrons. The predicted molar refractivity (Wildman–Crippen MR) is 143 cm³/mol. The first-order valence-electron chi connectivity index (χ1n) is 12.6. The van der Waals surface area contributed by atoms with Gasteiger partial charge in [0.05, 0.1) is 6.26 Å². The second-order valence-electron chi connectivity index (χ2n) is 10.8.